The van der Waals surface area contributed by atoms with Gasteiger partial charge >= 0.3 is 0 Å². The molecule has 3 rings (SSSR count). The van der Waals surface area contributed by atoms with E-state index in [1.165, 1.54) is 18.1 Å². The van der Waals surface area contributed by atoms with Crippen LogP contribution >= 0.6 is 11.8 Å². The van der Waals surface area contributed by atoms with Gasteiger partial charge in [-0.05, 0) is 52.4 Å². The van der Waals surface area contributed by atoms with Gasteiger partial charge in [-0.3, -0.25) is 9.79 Å². The molecule has 6 heteroatoms. The number of carbonyl (C=O) groups is 1. The molecule has 1 aliphatic heterocycles. The summed E-state index contributed by atoms with van der Waals surface area (Å²) in [7, 11) is 3.28. The number of amidine groups is 1. The van der Waals surface area contributed by atoms with Gasteiger partial charge in [-0.2, -0.15) is 0 Å². The molecule has 0 spiro atoms. The van der Waals surface area contributed by atoms with Gasteiger partial charge in [0.05, 0.1) is 12.0 Å². The van der Waals surface area contributed by atoms with Gasteiger partial charge in [0.15, 0.2) is 5.17 Å². The Morgan fingerprint density at radius 3 is 2.78 bits per heavy atom. The fourth-order valence-corrected chi connectivity index (χ4v) is 3.00. The normalized spacial score (nSPS) is 18.3. The maximum absolute atomic E-state index is 12.0. The molecule has 0 atom stereocenters. The fraction of sp³-hybridized carbons (Fsp3) is 0.118. The highest BCUT2D eigenvalue weighted by atomic mass is 32.2. The molecule has 0 bridgehead atoms. The van der Waals surface area contributed by atoms with Crippen LogP contribution in [0, 0.1) is 0 Å². The van der Waals surface area contributed by atoms with E-state index in [2.05, 4.69) is 15.3 Å². The van der Waals surface area contributed by atoms with Crippen molar-refractivity contribution in [1.82, 2.24) is 5.32 Å². The van der Waals surface area contributed by atoms with Crippen LogP contribution in [0.1, 0.15) is 5.56 Å². The second-order valence-electron chi connectivity index (χ2n) is 4.85. The van der Waals surface area contributed by atoms with E-state index in [9.17, 15) is 4.79 Å². The van der Waals surface area contributed by atoms with E-state index in [0.717, 1.165) is 22.1 Å². The summed E-state index contributed by atoms with van der Waals surface area (Å²) in [4.78, 5) is 20.4. The zero-order valence-electron chi connectivity index (χ0n) is 12.7. The predicted molar refractivity (Wildman–Crippen MR) is 96.1 cm³/mol. The summed E-state index contributed by atoms with van der Waals surface area (Å²) in [6.45, 7) is 0. The maximum atomic E-state index is 12.0. The molecule has 1 saturated heterocycles. The van der Waals surface area contributed by atoms with E-state index in [1.54, 1.807) is 14.2 Å². The molecule has 0 saturated carbocycles. The number of benzene rings is 2. The first kappa shape index (κ1) is 15.3. The Hall–Kier alpha value is -2.60. The number of amides is 1. The average Bonchev–Trinajstić information content (AvgIpc) is 2.92. The van der Waals surface area contributed by atoms with E-state index in [0.29, 0.717) is 10.1 Å². The van der Waals surface area contributed by atoms with Gasteiger partial charge in [0, 0.05) is 7.05 Å². The molecule has 2 aromatic carbocycles. The number of ether oxygens (including phenoxy) is 1. The summed E-state index contributed by atoms with van der Waals surface area (Å²) in [5, 5.41) is 5.43. The van der Waals surface area contributed by atoms with Crippen LogP contribution in [0.15, 0.2) is 51.3 Å². The number of nitrogens with zero attached hydrogens (tertiary/aromatic N) is 2. The summed E-state index contributed by atoms with van der Waals surface area (Å²) < 4.78 is 5.25. The third-order valence-electron chi connectivity index (χ3n) is 3.31. The van der Waals surface area contributed by atoms with Crippen LogP contribution in [0.3, 0.4) is 0 Å². The van der Waals surface area contributed by atoms with Crippen molar-refractivity contribution in [3.05, 3.63) is 46.9 Å². The van der Waals surface area contributed by atoms with Crippen molar-refractivity contribution in [3.63, 3.8) is 0 Å². The average molecular weight is 325 g/mol. The summed E-state index contributed by atoms with van der Waals surface area (Å²) in [6.07, 6.45) is 3.26. The van der Waals surface area contributed by atoms with Crippen LogP contribution in [-0.2, 0) is 4.79 Å². The monoisotopic (exact) mass is 325 g/mol. The van der Waals surface area contributed by atoms with Gasteiger partial charge in [0.1, 0.15) is 12.1 Å². The zero-order valence-corrected chi connectivity index (χ0v) is 13.6. The quantitative estimate of drug-likeness (QED) is 0.536. The second kappa shape index (κ2) is 6.66. The topological polar surface area (TPSA) is 63.0 Å². The number of thioether (sulfide) groups is 1. The number of fused-ring (bicyclic) bond motifs is 1. The fourth-order valence-electron chi connectivity index (χ4n) is 2.21. The Bertz CT molecular complexity index is 856. The summed E-state index contributed by atoms with van der Waals surface area (Å²) in [5.41, 5.74) is 0.953. The molecule has 1 amide bonds. The highest BCUT2D eigenvalue weighted by molar-refractivity contribution is 8.18. The smallest absolute Gasteiger partial charge is 0.264 e. The van der Waals surface area contributed by atoms with Crippen molar-refractivity contribution in [1.29, 1.82) is 0 Å². The van der Waals surface area contributed by atoms with Crippen molar-refractivity contribution < 1.29 is 9.53 Å². The molecular weight excluding hydrogens is 310 g/mol. The number of methoxy groups -OCH3 is 1. The Morgan fingerprint density at radius 2 is 2.00 bits per heavy atom. The second-order valence-corrected chi connectivity index (χ2v) is 5.88. The van der Waals surface area contributed by atoms with Crippen LogP contribution in [0.25, 0.3) is 16.8 Å². The molecule has 5 nitrogen and oxygen atoms in total. The Kier molecular flexibility index (Phi) is 4.43. The predicted octanol–water partition coefficient (Wildman–Crippen LogP) is 3.07. The number of carbonyl (C=O) groups excluding carboxylic acids is 1. The molecule has 116 valence electrons. The number of hydrogen-bond acceptors (Lipinski definition) is 4. The van der Waals surface area contributed by atoms with E-state index >= 15 is 0 Å². The highest BCUT2D eigenvalue weighted by Crippen LogP contribution is 2.28. The maximum Gasteiger partial charge on any atom is 0.264 e. The summed E-state index contributed by atoms with van der Waals surface area (Å²) in [6, 6.07) is 12.0. The summed E-state index contributed by atoms with van der Waals surface area (Å²) in [5.74, 6) is 0.660. The van der Waals surface area contributed by atoms with Crippen molar-refractivity contribution in [2.75, 3.05) is 14.2 Å². The van der Waals surface area contributed by atoms with Crippen molar-refractivity contribution in [2.24, 2.45) is 9.98 Å². The van der Waals surface area contributed by atoms with Crippen LogP contribution < -0.4 is 10.1 Å². The molecule has 23 heavy (non-hydrogen) atoms. The van der Waals surface area contributed by atoms with Crippen LogP contribution in [0.5, 0.6) is 5.75 Å². The first-order valence-electron chi connectivity index (χ1n) is 6.97. The molecule has 1 N–H and O–H groups in total. The number of nitrogens with one attached hydrogen (secondary N) is 1. The first-order chi connectivity index (χ1) is 11.2. The van der Waals surface area contributed by atoms with Gasteiger partial charge in [-0.1, -0.05) is 18.2 Å². The van der Waals surface area contributed by atoms with Crippen molar-refractivity contribution in [3.8, 4) is 5.75 Å². The zero-order chi connectivity index (χ0) is 16.2. The third kappa shape index (κ3) is 3.43. The Morgan fingerprint density at radius 1 is 1.17 bits per heavy atom. The molecule has 0 unspecified atom stereocenters. The molecular formula is C17H15N3O2S. The van der Waals surface area contributed by atoms with Crippen molar-refractivity contribution >= 4 is 46.0 Å². The van der Waals surface area contributed by atoms with Gasteiger partial charge in [-0.25, -0.2) is 4.99 Å². The molecule has 0 aliphatic carbocycles. The minimum absolute atomic E-state index is 0.149. The Labute approximate surface area is 138 Å². The summed E-state index contributed by atoms with van der Waals surface area (Å²) >= 11 is 1.30. The SMILES string of the molecule is CN=CN=C1NC(=O)/C(=C/c2ccc3ccc(OC)cc3c2)S1. The number of rotatable bonds is 3. The van der Waals surface area contributed by atoms with Crippen molar-refractivity contribution in [2.45, 2.75) is 0 Å². The first-order valence-corrected chi connectivity index (χ1v) is 7.78. The lowest BCUT2D eigenvalue weighted by Gasteiger charge is -2.03. The molecule has 1 aliphatic rings. The van der Waals surface area contributed by atoms with E-state index in [-0.39, 0.29) is 5.91 Å². The van der Waals surface area contributed by atoms with Crippen LogP contribution in [-0.4, -0.2) is 31.6 Å². The van der Waals surface area contributed by atoms with Gasteiger partial charge in [-0.15, -0.1) is 0 Å². The number of hydrogen-bond donors (Lipinski definition) is 1. The van der Waals surface area contributed by atoms with Gasteiger partial charge in [0.2, 0.25) is 0 Å². The number of aliphatic imine (C=N–C) groups is 2. The molecule has 2 aromatic rings. The molecule has 0 aromatic heterocycles. The van der Waals surface area contributed by atoms with E-state index in [1.807, 2.05) is 42.5 Å². The van der Waals surface area contributed by atoms with Gasteiger partial charge in [0.25, 0.3) is 5.91 Å². The van der Waals surface area contributed by atoms with Crippen LogP contribution in [0.2, 0.25) is 0 Å². The lowest BCUT2D eigenvalue weighted by Crippen LogP contribution is -2.19. The largest absolute Gasteiger partial charge is 0.497 e. The minimum Gasteiger partial charge on any atom is -0.497 e. The van der Waals surface area contributed by atoms with E-state index < -0.39 is 0 Å². The standard InChI is InChI=1S/C17H15N3O2S/c1-18-10-19-17-20-16(21)15(23-17)8-11-3-4-12-5-6-14(22-2)9-13(12)7-11/h3-10H,1-2H3,(H,18,19,20,21)/b15-8-. The lowest BCUT2D eigenvalue weighted by atomic mass is 10.1. The van der Waals surface area contributed by atoms with E-state index in [4.69, 9.17) is 4.74 Å². The molecule has 0 radical (unpaired) electrons. The lowest BCUT2D eigenvalue weighted by molar-refractivity contribution is -0.115. The van der Waals surface area contributed by atoms with Crippen LogP contribution in [0.4, 0.5) is 0 Å². The molecule has 1 fully saturated rings. The minimum atomic E-state index is -0.149. The Balaban J connectivity index is 1.92. The van der Waals surface area contributed by atoms with Gasteiger partial charge < -0.3 is 10.1 Å². The molecule has 1 heterocycles. The highest BCUT2D eigenvalue weighted by Gasteiger charge is 2.23. The third-order valence-corrected chi connectivity index (χ3v) is 4.23.